The molecule has 6 heteroatoms. The summed E-state index contributed by atoms with van der Waals surface area (Å²) in [5, 5.41) is 2.92. The van der Waals surface area contributed by atoms with Gasteiger partial charge in [-0.25, -0.2) is 4.39 Å². The summed E-state index contributed by atoms with van der Waals surface area (Å²) in [6, 6.07) is 13.1. The largest absolute Gasteiger partial charge is 0.454 e. The van der Waals surface area contributed by atoms with E-state index in [9.17, 15) is 14.0 Å². The summed E-state index contributed by atoms with van der Waals surface area (Å²) in [4.78, 5) is 26.5. The number of halogens is 1. The number of hydrogen-bond donors (Lipinski definition) is 1. The van der Waals surface area contributed by atoms with Crippen LogP contribution in [0.25, 0.3) is 0 Å². The Balaban J connectivity index is 1.29. The fraction of sp³-hybridized carbons (Fsp3) is 0.364. The third-order valence-electron chi connectivity index (χ3n) is 5.29. The smallest absolute Gasteiger partial charge is 0.227 e. The van der Waals surface area contributed by atoms with Gasteiger partial charge in [0.05, 0.1) is 0 Å². The molecule has 4 rings (SSSR count). The summed E-state index contributed by atoms with van der Waals surface area (Å²) < 4.78 is 19.2. The van der Waals surface area contributed by atoms with E-state index >= 15 is 0 Å². The molecular weight excluding hydrogens is 359 g/mol. The van der Waals surface area contributed by atoms with Crippen LogP contribution in [0.4, 0.5) is 10.1 Å². The number of ether oxygens (including phenoxy) is 1. The second kappa shape index (κ2) is 8.00. The minimum Gasteiger partial charge on any atom is -0.454 e. The van der Waals surface area contributed by atoms with Crippen LogP contribution < -0.4 is 10.1 Å². The molecule has 0 bridgehead atoms. The summed E-state index contributed by atoms with van der Waals surface area (Å²) in [6.07, 6.45) is 3.41. The number of benzene rings is 2. The van der Waals surface area contributed by atoms with Crippen molar-refractivity contribution in [1.29, 1.82) is 0 Å². The number of likely N-dealkylation sites (tertiary alicyclic amines) is 1. The van der Waals surface area contributed by atoms with Gasteiger partial charge in [-0.3, -0.25) is 9.59 Å². The number of para-hydroxylation sites is 1. The van der Waals surface area contributed by atoms with Gasteiger partial charge >= 0.3 is 0 Å². The topological polar surface area (TPSA) is 58.6 Å². The Morgan fingerprint density at radius 1 is 0.929 bits per heavy atom. The maximum Gasteiger partial charge on any atom is 0.227 e. The van der Waals surface area contributed by atoms with Crippen LogP contribution in [-0.2, 0) is 9.59 Å². The number of carbonyl (C=O) groups is 2. The van der Waals surface area contributed by atoms with Gasteiger partial charge in [0.15, 0.2) is 11.6 Å². The second-order valence-electron chi connectivity index (χ2n) is 7.42. The normalized spacial score (nSPS) is 17.2. The van der Waals surface area contributed by atoms with Crippen LogP contribution in [-0.4, -0.2) is 29.8 Å². The molecule has 5 nitrogen and oxygen atoms in total. The molecule has 1 aliphatic carbocycles. The van der Waals surface area contributed by atoms with Crippen molar-refractivity contribution in [3.05, 3.63) is 54.3 Å². The second-order valence-corrected chi connectivity index (χ2v) is 7.42. The number of nitrogens with one attached hydrogen (secondary N) is 1. The van der Waals surface area contributed by atoms with Crippen molar-refractivity contribution in [3.8, 4) is 11.5 Å². The van der Waals surface area contributed by atoms with Crippen LogP contribution >= 0.6 is 0 Å². The zero-order valence-electron chi connectivity index (χ0n) is 15.6. The fourth-order valence-electron chi connectivity index (χ4n) is 3.46. The quantitative estimate of drug-likeness (QED) is 0.843. The minimum atomic E-state index is -0.425. The molecule has 2 aromatic carbocycles. The maximum atomic E-state index is 13.7. The van der Waals surface area contributed by atoms with Crippen molar-refractivity contribution in [2.75, 3.05) is 18.4 Å². The van der Waals surface area contributed by atoms with Crippen molar-refractivity contribution in [1.82, 2.24) is 4.90 Å². The van der Waals surface area contributed by atoms with Gasteiger partial charge < -0.3 is 15.0 Å². The highest BCUT2D eigenvalue weighted by atomic mass is 19.1. The molecule has 1 N–H and O–H groups in total. The summed E-state index contributed by atoms with van der Waals surface area (Å²) in [7, 11) is 0. The Bertz CT molecular complexity index is 856. The lowest BCUT2D eigenvalue weighted by Crippen LogP contribution is -2.42. The Labute approximate surface area is 163 Å². The minimum absolute atomic E-state index is 0.0266. The first-order valence-electron chi connectivity index (χ1n) is 9.72. The van der Waals surface area contributed by atoms with E-state index < -0.39 is 5.82 Å². The Hall–Kier alpha value is -2.89. The van der Waals surface area contributed by atoms with Crippen molar-refractivity contribution >= 4 is 17.5 Å². The van der Waals surface area contributed by atoms with E-state index in [1.807, 2.05) is 4.90 Å². The molecular formula is C22H23FN2O3. The Morgan fingerprint density at radius 2 is 1.61 bits per heavy atom. The molecule has 0 unspecified atom stereocenters. The highest BCUT2D eigenvalue weighted by molar-refractivity contribution is 5.92. The van der Waals surface area contributed by atoms with Crippen LogP contribution in [0.3, 0.4) is 0 Å². The predicted molar refractivity (Wildman–Crippen MR) is 104 cm³/mol. The molecule has 2 fully saturated rings. The van der Waals surface area contributed by atoms with Gasteiger partial charge in [-0.2, -0.15) is 0 Å². The molecule has 0 spiro atoms. The summed E-state index contributed by atoms with van der Waals surface area (Å²) in [5.41, 5.74) is 0.669. The lowest BCUT2D eigenvalue weighted by molar-refractivity contribution is -0.135. The molecule has 1 heterocycles. The van der Waals surface area contributed by atoms with E-state index in [1.165, 1.54) is 6.07 Å². The first-order chi connectivity index (χ1) is 13.6. The number of piperidine rings is 1. The molecule has 1 aliphatic heterocycles. The molecule has 146 valence electrons. The molecule has 1 saturated carbocycles. The van der Waals surface area contributed by atoms with Crippen LogP contribution in [0.15, 0.2) is 48.5 Å². The zero-order chi connectivity index (χ0) is 19.5. The Kier molecular flexibility index (Phi) is 5.28. The van der Waals surface area contributed by atoms with E-state index in [-0.39, 0.29) is 29.4 Å². The monoisotopic (exact) mass is 382 g/mol. The number of carbonyl (C=O) groups excluding carboxylic acids is 2. The van der Waals surface area contributed by atoms with Crippen LogP contribution in [0.5, 0.6) is 11.5 Å². The van der Waals surface area contributed by atoms with E-state index in [4.69, 9.17) is 4.74 Å². The van der Waals surface area contributed by atoms with Crippen LogP contribution in [0.2, 0.25) is 0 Å². The molecule has 2 aromatic rings. The molecule has 0 radical (unpaired) electrons. The average molecular weight is 382 g/mol. The number of rotatable bonds is 5. The summed E-state index contributed by atoms with van der Waals surface area (Å²) in [6.45, 7) is 1.31. The third kappa shape index (κ3) is 4.32. The Morgan fingerprint density at radius 3 is 2.25 bits per heavy atom. The average Bonchev–Trinajstić information content (AvgIpc) is 3.56. The lowest BCUT2D eigenvalue weighted by atomic mass is 9.95. The van der Waals surface area contributed by atoms with Gasteiger partial charge in [0.25, 0.3) is 0 Å². The zero-order valence-corrected chi connectivity index (χ0v) is 15.6. The molecule has 0 atom stereocenters. The SMILES string of the molecule is O=C(Nc1ccc(Oc2ccccc2F)cc1)C1CCN(C(=O)C2CC2)CC1. The molecule has 2 amide bonds. The molecule has 0 aromatic heterocycles. The highest BCUT2D eigenvalue weighted by Gasteiger charge is 2.35. The van der Waals surface area contributed by atoms with Crippen molar-refractivity contribution in [2.24, 2.45) is 11.8 Å². The van der Waals surface area contributed by atoms with Crippen molar-refractivity contribution in [2.45, 2.75) is 25.7 Å². The van der Waals surface area contributed by atoms with E-state index in [1.54, 1.807) is 42.5 Å². The van der Waals surface area contributed by atoms with E-state index in [0.717, 1.165) is 12.8 Å². The molecule has 28 heavy (non-hydrogen) atoms. The van der Waals surface area contributed by atoms with Gasteiger partial charge in [-0.05, 0) is 62.1 Å². The van der Waals surface area contributed by atoms with Gasteiger partial charge in [-0.15, -0.1) is 0 Å². The maximum absolute atomic E-state index is 13.7. The van der Waals surface area contributed by atoms with E-state index in [2.05, 4.69) is 5.32 Å². The number of hydrogen-bond acceptors (Lipinski definition) is 3. The lowest BCUT2D eigenvalue weighted by Gasteiger charge is -2.31. The van der Waals surface area contributed by atoms with Gasteiger partial charge in [0, 0.05) is 30.6 Å². The highest BCUT2D eigenvalue weighted by Crippen LogP contribution is 2.32. The first kappa shape index (κ1) is 18.5. The number of anilines is 1. The van der Waals surface area contributed by atoms with Crippen LogP contribution in [0.1, 0.15) is 25.7 Å². The molecule has 2 aliphatic rings. The van der Waals surface area contributed by atoms with Crippen LogP contribution in [0, 0.1) is 17.7 Å². The fourth-order valence-corrected chi connectivity index (χ4v) is 3.46. The molecule has 1 saturated heterocycles. The van der Waals surface area contributed by atoms with Crippen molar-refractivity contribution in [3.63, 3.8) is 0 Å². The van der Waals surface area contributed by atoms with Gasteiger partial charge in [-0.1, -0.05) is 12.1 Å². The van der Waals surface area contributed by atoms with Crippen molar-refractivity contribution < 1.29 is 18.7 Å². The standard InChI is InChI=1S/C22H23FN2O3/c23-19-3-1-2-4-20(19)28-18-9-7-17(8-10-18)24-21(26)15-11-13-25(14-12-15)22(27)16-5-6-16/h1-4,7-10,15-16H,5-6,11-14H2,(H,24,26). The number of amides is 2. The predicted octanol–water partition coefficient (Wildman–Crippen LogP) is 4.21. The summed E-state index contributed by atoms with van der Waals surface area (Å²) >= 11 is 0. The third-order valence-corrected chi connectivity index (χ3v) is 5.29. The summed E-state index contributed by atoms with van der Waals surface area (Å²) in [5.74, 6) is 0.604. The van der Waals surface area contributed by atoms with Gasteiger partial charge in [0.2, 0.25) is 11.8 Å². The first-order valence-corrected chi connectivity index (χ1v) is 9.72. The van der Waals surface area contributed by atoms with Gasteiger partial charge in [0.1, 0.15) is 5.75 Å². The van der Waals surface area contributed by atoms with E-state index in [0.29, 0.717) is 37.4 Å². The number of nitrogens with zero attached hydrogens (tertiary/aromatic N) is 1.